The molecule has 0 aliphatic rings. The van der Waals surface area contributed by atoms with Gasteiger partial charge in [-0.05, 0) is 0 Å². The molecule has 0 saturated carbocycles. The third-order valence-corrected chi connectivity index (χ3v) is 2.78. The summed E-state index contributed by atoms with van der Waals surface area (Å²) in [6, 6.07) is 3.21. The summed E-state index contributed by atoms with van der Waals surface area (Å²) in [5, 5.41) is 26.8. The highest BCUT2D eigenvalue weighted by molar-refractivity contribution is 8.13. The van der Waals surface area contributed by atoms with E-state index in [1.807, 2.05) is 0 Å². The second-order valence-electron chi connectivity index (χ2n) is 2.39. The van der Waals surface area contributed by atoms with Gasteiger partial charge in [-0.15, -0.1) is 0 Å². The number of aromatic hydroxyl groups is 2. The second-order valence-corrected chi connectivity index (χ2v) is 4.92. The molecule has 1 aromatic carbocycles. The lowest BCUT2D eigenvalue weighted by atomic mass is 10.2. The monoisotopic (exact) mass is 233 g/mol. The minimum atomic E-state index is -4.18. The maximum absolute atomic E-state index is 10.9. The zero-order valence-electron chi connectivity index (χ0n) is 6.60. The van der Waals surface area contributed by atoms with Crippen LogP contribution in [0.15, 0.2) is 17.0 Å². The molecule has 5 nitrogen and oxygen atoms in total. The molecule has 0 heterocycles. The van der Waals surface area contributed by atoms with Crippen molar-refractivity contribution in [3.63, 3.8) is 0 Å². The first-order chi connectivity index (χ1) is 6.36. The zero-order valence-corrected chi connectivity index (χ0v) is 8.17. The maximum atomic E-state index is 10.9. The number of rotatable bonds is 1. The molecule has 0 amide bonds. The van der Waals surface area contributed by atoms with Gasteiger partial charge in [-0.2, -0.15) is 5.26 Å². The first kappa shape index (κ1) is 10.6. The summed E-state index contributed by atoms with van der Waals surface area (Å²) in [6.45, 7) is 0. The van der Waals surface area contributed by atoms with E-state index in [0.717, 1.165) is 12.1 Å². The van der Waals surface area contributed by atoms with Gasteiger partial charge in [0.1, 0.15) is 16.7 Å². The fourth-order valence-corrected chi connectivity index (χ4v) is 1.82. The fraction of sp³-hybridized carbons (Fsp3) is 0. The van der Waals surface area contributed by atoms with Crippen LogP contribution in [0.3, 0.4) is 0 Å². The van der Waals surface area contributed by atoms with E-state index in [9.17, 15) is 13.5 Å². The second kappa shape index (κ2) is 3.36. The quantitative estimate of drug-likeness (QED) is 0.555. The third-order valence-electron chi connectivity index (χ3n) is 1.44. The predicted molar refractivity (Wildman–Crippen MR) is 47.5 cm³/mol. The Morgan fingerprint density at radius 2 is 1.93 bits per heavy atom. The molecule has 0 atom stereocenters. The number of nitriles is 1. The Bertz CT molecular complexity index is 517. The van der Waals surface area contributed by atoms with E-state index in [4.69, 9.17) is 21.1 Å². The van der Waals surface area contributed by atoms with Crippen molar-refractivity contribution < 1.29 is 18.6 Å². The minimum absolute atomic E-state index is 0.357. The van der Waals surface area contributed by atoms with E-state index >= 15 is 0 Å². The Morgan fingerprint density at radius 3 is 2.36 bits per heavy atom. The molecular formula is C7H4ClNO4S. The highest BCUT2D eigenvalue weighted by Gasteiger charge is 2.19. The van der Waals surface area contributed by atoms with Crippen molar-refractivity contribution >= 4 is 19.7 Å². The molecule has 1 rings (SSSR count). The Balaban J connectivity index is 3.64. The SMILES string of the molecule is N#Cc1cc(O)cc(S(=O)(=O)Cl)c1O. The molecular weight excluding hydrogens is 230 g/mol. The molecule has 7 heteroatoms. The average molecular weight is 234 g/mol. The van der Waals surface area contributed by atoms with Crippen LogP contribution in [0.1, 0.15) is 5.56 Å². The molecule has 1 aromatic rings. The van der Waals surface area contributed by atoms with Crippen LogP contribution >= 0.6 is 10.7 Å². The van der Waals surface area contributed by atoms with Crippen molar-refractivity contribution in [2.45, 2.75) is 4.90 Å². The lowest BCUT2D eigenvalue weighted by molar-refractivity contribution is 0.444. The van der Waals surface area contributed by atoms with Gasteiger partial charge in [-0.1, -0.05) is 0 Å². The standard InChI is InChI=1S/C7H4ClNO4S/c8-14(12,13)6-2-5(10)1-4(3-9)7(6)11/h1-2,10-11H. The molecule has 0 aliphatic heterocycles. The molecule has 14 heavy (non-hydrogen) atoms. The van der Waals surface area contributed by atoms with Crippen molar-refractivity contribution in [1.29, 1.82) is 5.26 Å². The van der Waals surface area contributed by atoms with Gasteiger partial charge in [-0.3, -0.25) is 0 Å². The Labute approximate surface area is 84.2 Å². The molecule has 0 bridgehead atoms. The van der Waals surface area contributed by atoms with Gasteiger partial charge in [-0.25, -0.2) is 8.42 Å². The van der Waals surface area contributed by atoms with Crippen molar-refractivity contribution in [2.24, 2.45) is 0 Å². The van der Waals surface area contributed by atoms with Crippen LogP contribution in [-0.2, 0) is 9.05 Å². The number of phenolic OH excluding ortho intramolecular Hbond substituents is 2. The van der Waals surface area contributed by atoms with E-state index in [1.54, 1.807) is 0 Å². The van der Waals surface area contributed by atoms with Crippen LogP contribution in [-0.4, -0.2) is 18.6 Å². The van der Waals surface area contributed by atoms with E-state index in [-0.39, 0.29) is 5.56 Å². The van der Waals surface area contributed by atoms with Crippen molar-refractivity contribution in [1.82, 2.24) is 0 Å². The van der Waals surface area contributed by atoms with E-state index in [1.165, 1.54) is 6.07 Å². The van der Waals surface area contributed by atoms with E-state index in [2.05, 4.69) is 0 Å². The summed E-state index contributed by atoms with van der Waals surface area (Å²) in [6.07, 6.45) is 0. The summed E-state index contributed by atoms with van der Waals surface area (Å²) in [5.74, 6) is -1.22. The smallest absolute Gasteiger partial charge is 0.265 e. The predicted octanol–water partition coefficient (Wildman–Crippen LogP) is 0.897. The Hall–Kier alpha value is -1.45. The van der Waals surface area contributed by atoms with Crippen molar-refractivity contribution in [2.75, 3.05) is 0 Å². The van der Waals surface area contributed by atoms with Gasteiger partial charge in [0.25, 0.3) is 9.05 Å². The van der Waals surface area contributed by atoms with E-state index < -0.39 is 25.4 Å². The summed E-state index contributed by atoms with van der Waals surface area (Å²) in [5.41, 5.74) is -0.357. The van der Waals surface area contributed by atoms with Gasteiger partial charge in [0.05, 0.1) is 5.56 Å². The molecule has 74 valence electrons. The van der Waals surface area contributed by atoms with Crippen LogP contribution in [0.4, 0.5) is 0 Å². The fourth-order valence-electron chi connectivity index (χ4n) is 0.864. The van der Waals surface area contributed by atoms with Crippen LogP contribution in [0.2, 0.25) is 0 Å². The van der Waals surface area contributed by atoms with Crippen molar-refractivity contribution in [3.8, 4) is 17.6 Å². The summed E-state index contributed by atoms with van der Waals surface area (Å²) in [4.78, 5) is -0.685. The lowest BCUT2D eigenvalue weighted by Gasteiger charge is -2.02. The van der Waals surface area contributed by atoms with Gasteiger partial charge < -0.3 is 10.2 Å². The molecule has 2 N–H and O–H groups in total. The highest BCUT2D eigenvalue weighted by Crippen LogP contribution is 2.32. The number of hydrogen-bond acceptors (Lipinski definition) is 5. The highest BCUT2D eigenvalue weighted by atomic mass is 35.7. The number of phenols is 2. The molecule has 0 aliphatic carbocycles. The number of halogens is 1. The first-order valence-corrected chi connectivity index (χ1v) is 5.58. The lowest BCUT2D eigenvalue weighted by Crippen LogP contribution is -1.93. The van der Waals surface area contributed by atoms with Crippen LogP contribution in [0.25, 0.3) is 0 Å². The minimum Gasteiger partial charge on any atom is -0.508 e. The van der Waals surface area contributed by atoms with Gasteiger partial charge in [0, 0.05) is 22.8 Å². The molecule has 0 aromatic heterocycles. The number of benzene rings is 1. The number of hydrogen-bond donors (Lipinski definition) is 2. The Kier molecular flexibility index (Phi) is 2.55. The normalized spacial score (nSPS) is 10.9. The number of nitrogens with zero attached hydrogens (tertiary/aromatic N) is 1. The average Bonchev–Trinajstić information content (AvgIpc) is 2.06. The zero-order chi connectivity index (χ0) is 10.9. The molecule has 0 fully saturated rings. The molecule has 0 unspecified atom stereocenters. The third kappa shape index (κ3) is 1.89. The summed E-state index contributed by atoms with van der Waals surface area (Å²) in [7, 11) is 0.779. The Morgan fingerprint density at radius 1 is 1.36 bits per heavy atom. The maximum Gasteiger partial charge on any atom is 0.265 e. The van der Waals surface area contributed by atoms with Gasteiger partial charge in [0.15, 0.2) is 5.75 Å². The molecule has 0 saturated heterocycles. The summed E-state index contributed by atoms with van der Waals surface area (Å²) >= 11 is 0. The van der Waals surface area contributed by atoms with E-state index in [0.29, 0.717) is 0 Å². The molecule has 0 radical (unpaired) electrons. The van der Waals surface area contributed by atoms with Crippen molar-refractivity contribution in [3.05, 3.63) is 17.7 Å². The largest absolute Gasteiger partial charge is 0.508 e. The van der Waals surface area contributed by atoms with Crippen LogP contribution < -0.4 is 0 Å². The summed E-state index contributed by atoms with van der Waals surface area (Å²) < 4.78 is 21.7. The van der Waals surface area contributed by atoms with Crippen LogP contribution in [0.5, 0.6) is 11.5 Å². The topological polar surface area (TPSA) is 98.4 Å². The molecule has 0 spiro atoms. The van der Waals surface area contributed by atoms with Gasteiger partial charge in [0.2, 0.25) is 0 Å². The van der Waals surface area contributed by atoms with Crippen LogP contribution in [0, 0.1) is 11.3 Å². The van der Waals surface area contributed by atoms with Gasteiger partial charge >= 0.3 is 0 Å². The first-order valence-electron chi connectivity index (χ1n) is 3.27.